The quantitative estimate of drug-likeness (QED) is 0.750. The molecule has 2 rings (SSSR count). The largest absolute Gasteiger partial charge is 0.394 e. The lowest BCUT2D eigenvalue weighted by Gasteiger charge is -2.14. The molecule has 6 nitrogen and oxygen atoms in total. The molecule has 7 heteroatoms. The molecule has 0 saturated carbocycles. The van der Waals surface area contributed by atoms with Crippen LogP contribution in [0.3, 0.4) is 0 Å². The summed E-state index contributed by atoms with van der Waals surface area (Å²) in [5.74, 6) is -1.17. The first-order valence-electron chi connectivity index (χ1n) is 5.42. The van der Waals surface area contributed by atoms with Gasteiger partial charge in [0.05, 0.1) is 18.9 Å². The van der Waals surface area contributed by atoms with Gasteiger partial charge in [-0.2, -0.15) is 4.98 Å². The highest BCUT2D eigenvalue weighted by atomic mass is 19.1. The molecule has 0 spiro atoms. The Hall–Kier alpha value is -1.73. The van der Waals surface area contributed by atoms with Crippen LogP contribution >= 0.6 is 0 Å². The fraction of sp³-hybridized carbons (Fsp3) is 0.455. The fourth-order valence-corrected chi connectivity index (χ4v) is 1.69. The van der Waals surface area contributed by atoms with E-state index in [2.05, 4.69) is 18.1 Å². The molecule has 0 aromatic carbocycles. The highest BCUT2D eigenvalue weighted by Crippen LogP contribution is 2.26. The van der Waals surface area contributed by atoms with Crippen LogP contribution in [0.2, 0.25) is 0 Å². The highest BCUT2D eigenvalue weighted by Gasteiger charge is 2.27. The molecule has 100 valence electrons. The van der Waals surface area contributed by atoms with Crippen LogP contribution in [0.5, 0.6) is 0 Å². The third-order valence-electron chi connectivity index (χ3n) is 2.53. The average molecular weight is 257 g/mol. The third-order valence-corrected chi connectivity index (χ3v) is 2.53. The van der Waals surface area contributed by atoms with Crippen LogP contribution in [0.15, 0.2) is 24.1 Å². The number of ether oxygens (including phenoxy) is 1. The van der Waals surface area contributed by atoms with E-state index in [4.69, 9.17) is 15.6 Å². The summed E-state index contributed by atoms with van der Waals surface area (Å²) in [7, 11) is 0. The van der Waals surface area contributed by atoms with Gasteiger partial charge < -0.3 is 15.6 Å². The molecule has 1 aliphatic rings. The zero-order chi connectivity index (χ0) is 13.7. The molecule has 0 amide bonds. The van der Waals surface area contributed by atoms with E-state index in [9.17, 15) is 9.18 Å². The van der Waals surface area contributed by atoms with Crippen molar-refractivity contribution in [3.63, 3.8) is 0 Å². The predicted molar refractivity (Wildman–Crippen MR) is 64.4 cm³/mol. The van der Waals surface area contributed by atoms with Gasteiger partial charge >= 0.3 is 5.69 Å². The van der Waals surface area contributed by atoms with E-state index >= 15 is 0 Å². The summed E-state index contributed by atoms with van der Waals surface area (Å²) in [6, 6.07) is 0. The van der Waals surface area contributed by atoms with Crippen LogP contribution in [0.4, 0.5) is 10.2 Å². The summed E-state index contributed by atoms with van der Waals surface area (Å²) in [5, 5.41) is 8.88. The fourth-order valence-electron chi connectivity index (χ4n) is 1.69. The van der Waals surface area contributed by atoms with Crippen molar-refractivity contribution in [1.29, 1.82) is 0 Å². The Morgan fingerprint density at radius 3 is 2.83 bits per heavy atom. The number of hydrogen-bond acceptors (Lipinski definition) is 5. The Bertz CT molecular complexity index is 463. The molecule has 0 radical (unpaired) electrons. The Morgan fingerprint density at radius 1 is 1.61 bits per heavy atom. The minimum Gasteiger partial charge on any atom is -0.394 e. The smallest absolute Gasteiger partial charge is 0.351 e. The Kier molecular flexibility index (Phi) is 4.99. The molecule has 1 aromatic rings. The molecule has 3 N–H and O–H groups in total. The van der Waals surface area contributed by atoms with Crippen molar-refractivity contribution >= 4 is 5.82 Å². The molecule has 1 aromatic heterocycles. The van der Waals surface area contributed by atoms with Crippen LogP contribution in [-0.2, 0) is 4.74 Å². The maximum Gasteiger partial charge on any atom is 0.351 e. The number of aromatic nitrogens is 2. The van der Waals surface area contributed by atoms with Crippen LogP contribution in [-0.4, -0.2) is 27.4 Å². The van der Waals surface area contributed by atoms with Gasteiger partial charge in [-0.25, -0.2) is 9.18 Å². The molecule has 1 saturated heterocycles. The molecule has 1 aliphatic heterocycles. The maximum absolute atomic E-state index is 13.1. The van der Waals surface area contributed by atoms with Crippen molar-refractivity contribution in [1.82, 2.24) is 9.55 Å². The van der Waals surface area contributed by atoms with Gasteiger partial charge in [0.2, 0.25) is 0 Å². The molecule has 1 fully saturated rings. The van der Waals surface area contributed by atoms with Gasteiger partial charge in [-0.3, -0.25) is 4.57 Å². The number of aliphatic hydroxyl groups is 1. The number of nitrogen functional groups attached to an aromatic ring is 1. The normalized spacial score (nSPS) is 22.3. The lowest BCUT2D eigenvalue weighted by Crippen LogP contribution is -2.28. The molecule has 18 heavy (non-hydrogen) atoms. The standard InChI is InChI=1S/C9H12FN3O3.C2H4/c10-6-3-13(9(15)12-8(6)11)7-2-1-5(4-14)16-7;1-2/h3,5,7,14H,1-2,4H2,(H2,11,12,15);1-2H2. The van der Waals surface area contributed by atoms with Crippen molar-refractivity contribution in [3.8, 4) is 0 Å². The number of hydrogen-bond donors (Lipinski definition) is 2. The van der Waals surface area contributed by atoms with E-state index in [1.165, 1.54) is 0 Å². The number of nitrogens with zero attached hydrogens (tertiary/aromatic N) is 2. The van der Waals surface area contributed by atoms with Crippen LogP contribution in [0.25, 0.3) is 0 Å². The zero-order valence-corrected chi connectivity index (χ0v) is 9.88. The van der Waals surface area contributed by atoms with E-state index in [0.717, 1.165) is 10.8 Å². The van der Waals surface area contributed by atoms with Crippen LogP contribution < -0.4 is 11.4 Å². The molecule has 2 unspecified atom stereocenters. The minimum atomic E-state index is -0.754. The average Bonchev–Trinajstić information content (AvgIpc) is 2.85. The van der Waals surface area contributed by atoms with Gasteiger partial charge in [0, 0.05) is 0 Å². The number of halogens is 1. The van der Waals surface area contributed by atoms with E-state index in [1.807, 2.05) is 0 Å². The van der Waals surface area contributed by atoms with Gasteiger partial charge in [0.25, 0.3) is 0 Å². The third kappa shape index (κ3) is 2.93. The van der Waals surface area contributed by atoms with Crippen molar-refractivity contribution in [2.24, 2.45) is 0 Å². The Morgan fingerprint density at radius 2 is 2.28 bits per heavy atom. The van der Waals surface area contributed by atoms with Gasteiger partial charge in [-0.05, 0) is 12.8 Å². The number of aliphatic hydroxyl groups excluding tert-OH is 1. The van der Waals surface area contributed by atoms with Crippen molar-refractivity contribution in [3.05, 3.63) is 35.7 Å². The zero-order valence-electron chi connectivity index (χ0n) is 9.88. The Labute approximate surface area is 104 Å². The predicted octanol–water partition coefficient (Wildman–Crippen LogP) is 0.437. The molecule has 2 heterocycles. The summed E-state index contributed by atoms with van der Waals surface area (Å²) >= 11 is 0. The van der Waals surface area contributed by atoms with E-state index < -0.39 is 23.6 Å². The SMILES string of the molecule is C=C.Nc1nc(=O)n(C2CCC(CO)O2)cc1F. The first-order valence-corrected chi connectivity index (χ1v) is 5.42. The molecule has 2 atom stereocenters. The van der Waals surface area contributed by atoms with E-state index in [-0.39, 0.29) is 12.7 Å². The second-order valence-electron chi connectivity index (χ2n) is 3.64. The summed E-state index contributed by atoms with van der Waals surface area (Å²) < 4.78 is 19.5. The molecular formula is C11H16FN3O3. The Balaban J connectivity index is 0.000000771. The summed E-state index contributed by atoms with van der Waals surface area (Å²) in [5.41, 5.74) is 4.51. The second-order valence-corrected chi connectivity index (χ2v) is 3.64. The summed E-state index contributed by atoms with van der Waals surface area (Å²) in [4.78, 5) is 14.8. The van der Waals surface area contributed by atoms with Gasteiger partial charge in [-0.1, -0.05) is 0 Å². The summed E-state index contributed by atoms with van der Waals surface area (Å²) in [6.45, 7) is 5.89. The number of nitrogens with two attached hydrogens (primary N) is 1. The van der Waals surface area contributed by atoms with Crippen molar-refractivity contribution in [2.75, 3.05) is 12.3 Å². The number of rotatable bonds is 2. The van der Waals surface area contributed by atoms with Gasteiger partial charge in [0.15, 0.2) is 11.6 Å². The molecule has 0 aliphatic carbocycles. The second kappa shape index (κ2) is 6.27. The first-order chi connectivity index (χ1) is 8.61. The van der Waals surface area contributed by atoms with Crippen molar-refractivity contribution < 1.29 is 14.2 Å². The van der Waals surface area contributed by atoms with Crippen LogP contribution in [0.1, 0.15) is 19.1 Å². The lowest BCUT2D eigenvalue weighted by molar-refractivity contribution is -0.0249. The van der Waals surface area contributed by atoms with Crippen molar-refractivity contribution in [2.45, 2.75) is 25.2 Å². The van der Waals surface area contributed by atoms with Gasteiger partial charge in [0.1, 0.15) is 6.23 Å². The van der Waals surface area contributed by atoms with Gasteiger partial charge in [-0.15, -0.1) is 13.2 Å². The maximum atomic E-state index is 13.1. The van der Waals surface area contributed by atoms with E-state index in [1.54, 1.807) is 0 Å². The first kappa shape index (κ1) is 14.3. The molecular weight excluding hydrogens is 241 g/mol. The van der Waals surface area contributed by atoms with E-state index in [0.29, 0.717) is 12.8 Å². The highest BCUT2D eigenvalue weighted by molar-refractivity contribution is 5.26. The minimum absolute atomic E-state index is 0.115. The molecule has 0 bridgehead atoms. The van der Waals surface area contributed by atoms with Crippen LogP contribution in [0, 0.1) is 5.82 Å². The topological polar surface area (TPSA) is 90.4 Å². The monoisotopic (exact) mass is 257 g/mol. The lowest BCUT2D eigenvalue weighted by atomic mass is 10.2. The summed E-state index contributed by atoms with van der Waals surface area (Å²) in [6.07, 6.45) is 1.26. The number of anilines is 1.